The minimum absolute atomic E-state index is 0.612. The van der Waals surface area contributed by atoms with Crippen LogP contribution in [0.1, 0.15) is 12.8 Å². The van der Waals surface area contributed by atoms with E-state index in [1.165, 1.54) is 0 Å². The first kappa shape index (κ1) is 12.6. The Morgan fingerprint density at radius 3 is 2.71 bits per heavy atom. The lowest BCUT2D eigenvalue weighted by Gasteiger charge is -2.34. The fourth-order valence-electron chi connectivity index (χ4n) is 1.95. The summed E-state index contributed by atoms with van der Waals surface area (Å²) in [4.78, 5) is 11.5. The van der Waals surface area contributed by atoms with Crippen LogP contribution in [-0.2, 0) is 4.79 Å². The number of carboxylic acids is 1. The SMILES string of the molecule is O=C(O)C1(Nc2cccc(Cl)c2)CCSCC1. The molecule has 17 heavy (non-hydrogen) atoms. The van der Waals surface area contributed by atoms with Crippen LogP contribution in [0.3, 0.4) is 0 Å². The van der Waals surface area contributed by atoms with E-state index in [0.717, 1.165) is 17.2 Å². The molecule has 0 aromatic heterocycles. The van der Waals surface area contributed by atoms with E-state index >= 15 is 0 Å². The molecule has 0 saturated carbocycles. The minimum Gasteiger partial charge on any atom is -0.480 e. The van der Waals surface area contributed by atoms with Crippen LogP contribution in [0.4, 0.5) is 5.69 Å². The van der Waals surface area contributed by atoms with Crippen LogP contribution in [0.25, 0.3) is 0 Å². The van der Waals surface area contributed by atoms with Crippen LogP contribution in [0.2, 0.25) is 5.02 Å². The van der Waals surface area contributed by atoms with Gasteiger partial charge in [-0.3, -0.25) is 0 Å². The number of carboxylic acid groups (broad SMARTS) is 1. The Hall–Kier alpha value is -0.870. The molecular weight excluding hydrogens is 258 g/mol. The molecule has 0 unspecified atom stereocenters. The van der Waals surface area contributed by atoms with E-state index in [-0.39, 0.29) is 0 Å². The number of carbonyl (C=O) groups is 1. The molecule has 5 heteroatoms. The van der Waals surface area contributed by atoms with Crippen LogP contribution in [0, 0.1) is 0 Å². The molecule has 1 aliphatic rings. The molecule has 0 spiro atoms. The molecule has 1 aromatic carbocycles. The van der Waals surface area contributed by atoms with E-state index in [9.17, 15) is 9.90 Å². The molecule has 0 amide bonds. The lowest BCUT2D eigenvalue weighted by Crippen LogP contribution is -2.49. The fraction of sp³-hybridized carbons (Fsp3) is 0.417. The van der Waals surface area contributed by atoms with Crippen LogP contribution < -0.4 is 5.32 Å². The van der Waals surface area contributed by atoms with Crippen LogP contribution >= 0.6 is 23.4 Å². The van der Waals surface area contributed by atoms with E-state index in [0.29, 0.717) is 17.9 Å². The van der Waals surface area contributed by atoms with Gasteiger partial charge >= 0.3 is 5.97 Å². The standard InChI is InChI=1S/C12H14ClNO2S/c13-9-2-1-3-10(8-9)14-12(11(15)16)4-6-17-7-5-12/h1-3,8,14H,4-7H2,(H,15,16). The summed E-state index contributed by atoms with van der Waals surface area (Å²) in [7, 11) is 0. The molecule has 1 saturated heterocycles. The van der Waals surface area contributed by atoms with Crippen LogP contribution in [-0.4, -0.2) is 28.1 Å². The highest BCUT2D eigenvalue weighted by atomic mass is 35.5. The van der Waals surface area contributed by atoms with Gasteiger partial charge in [0.1, 0.15) is 5.54 Å². The number of hydrogen-bond acceptors (Lipinski definition) is 3. The molecule has 1 aliphatic heterocycles. The molecule has 2 rings (SSSR count). The van der Waals surface area contributed by atoms with Gasteiger partial charge in [0.2, 0.25) is 0 Å². The molecule has 0 atom stereocenters. The normalized spacial score (nSPS) is 18.6. The summed E-state index contributed by atoms with van der Waals surface area (Å²) in [5, 5.41) is 13.2. The zero-order valence-electron chi connectivity index (χ0n) is 9.28. The molecule has 1 fully saturated rings. The number of halogens is 1. The fourth-order valence-corrected chi connectivity index (χ4v) is 3.33. The number of aliphatic carboxylic acids is 1. The highest BCUT2D eigenvalue weighted by Gasteiger charge is 2.39. The van der Waals surface area contributed by atoms with Crippen molar-refractivity contribution in [1.82, 2.24) is 0 Å². The molecular formula is C12H14ClNO2S. The smallest absolute Gasteiger partial charge is 0.329 e. The van der Waals surface area contributed by atoms with Crippen molar-refractivity contribution in [3.63, 3.8) is 0 Å². The number of anilines is 1. The Bertz CT molecular complexity index is 419. The van der Waals surface area contributed by atoms with Gasteiger partial charge in [0, 0.05) is 10.7 Å². The number of benzene rings is 1. The first-order chi connectivity index (χ1) is 8.12. The third kappa shape index (κ3) is 2.87. The predicted molar refractivity (Wildman–Crippen MR) is 72.0 cm³/mol. The third-order valence-corrected chi connectivity index (χ3v) is 4.18. The summed E-state index contributed by atoms with van der Waals surface area (Å²) in [6.45, 7) is 0. The number of nitrogens with one attached hydrogen (secondary N) is 1. The average molecular weight is 272 g/mol. The summed E-state index contributed by atoms with van der Waals surface area (Å²) in [5.74, 6) is 0.970. The maximum atomic E-state index is 11.5. The second-order valence-corrected chi connectivity index (χ2v) is 5.80. The van der Waals surface area contributed by atoms with Gasteiger partial charge < -0.3 is 10.4 Å². The van der Waals surface area contributed by atoms with E-state index in [2.05, 4.69) is 5.32 Å². The van der Waals surface area contributed by atoms with Crippen molar-refractivity contribution < 1.29 is 9.90 Å². The summed E-state index contributed by atoms with van der Waals surface area (Å²) in [6, 6.07) is 7.20. The Labute approximate surface area is 110 Å². The summed E-state index contributed by atoms with van der Waals surface area (Å²) >= 11 is 7.69. The van der Waals surface area contributed by atoms with Gasteiger partial charge in [-0.1, -0.05) is 17.7 Å². The van der Waals surface area contributed by atoms with Crippen molar-refractivity contribution in [2.45, 2.75) is 18.4 Å². The molecule has 0 bridgehead atoms. The van der Waals surface area contributed by atoms with Crippen molar-refractivity contribution in [2.24, 2.45) is 0 Å². The molecule has 92 valence electrons. The summed E-state index contributed by atoms with van der Waals surface area (Å²) in [5.41, 5.74) is -0.0672. The monoisotopic (exact) mass is 271 g/mol. The largest absolute Gasteiger partial charge is 0.480 e. The van der Waals surface area contributed by atoms with E-state index in [1.54, 1.807) is 23.9 Å². The second-order valence-electron chi connectivity index (χ2n) is 4.13. The highest BCUT2D eigenvalue weighted by Crippen LogP contribution is 2.31. The van der Waals surface area contributed by atoms with Crippen LogP contribution in [0.15, 0.2) is 24.3 Å². The summed E-state index contributed by atoms with van der Waals surface area (Å²) < 4.78 is 0. The minimum atomic E-state index is -0.837. The average Bonchev–Trinajstić information content (AvgIpc) is 2.30. The lowest BCUT2D eigenvalue weighted by atomic mass is 9.92. The zero-order chi connectivity index (χ0) is 12.3. The van der Waals surface area contributed by atoms with Gasteiger partial charge in [-0.25, -0.2) is 4.79 Å². The van der Waals surface area contributed by atoms with Gasteiger partial charge in [-0.15, -0.1) is 0 Å². The van der Waals surface area contributed by atoms with Gasteiger partial charge in [-0.2, -0.15) is 11.8 Å². The van der Waals surface area contributed by atoms with E-state index in [1.807, 2.05) is 12.1 Å². The molecule has 0 radical (unpaired) electrons. The maximum Gasteiger partial charge on any atom is 0.329 e. The second kappa shape index (κ2) is 5.19. The Balaban J connectivity index is 2.20. The number of hydrogen-bond donors (Lipinski definition) is 2. The Morgan fingerprint density at radius 1 is 1.41 bits per heavy atom. The first-order valence-corrected chi connectivity index (χ1v) is 7.01. The third-order valence-electron chi connectivity index (χ3n) is 2.96. The molecule has 0 aliphatic carbocycles. The summed E-state index contributed by atoms with van der Waals surface area (Å²) in [6.07, 6.45) is 1.28. The quantitative estimate of drug-likeness (QED) is 0.887. The van der Waals surface area contributed by atoms with Gasteiger partial charge in [0.05, 0.1) is 0 Å². The first-order valence-electron chi connectivity index (χ1n) is 5.47. The van der Waals surface area contributed by atoms with E-state index in [4.69, 9.17) is 11.6 Å². The Morgan fingerprint density at radius 2 is 2.12 bits per heavy atom. The van der Waals surface area contributed by atoms with E-state index < -0.39 is 11.5 Å². The van der Waals surface area contributed by atoms with Gasteiger partial charge in [0.15, 0.2) is 0 Å². The number of rotatable bonds is 3. The van der Waals surface area contributed by atoms with Crippen molar-refractivity contribution in [3.05, 3.63) is 29.3 Å². The Kier molecular flexibility index (Phi) is 3.84. The van der Waals surface area contributed by atoms with Crippen molar-refractivity contribution >= 4 is 35.0 Å². The van der Waals surface area contributed by atoms with Crippen LogP contribution in [0.5, 0.6) is 0 Å². The molecule has 1 heterocycles. The zero-order valence-corrected chi connectivity index (χ0v) is 10.9. The maximum absolute atomic E-state index is 11.5. The topological polar surface area (TPSA) is 49.3 Å². The molecule has 3 nitrogen and oxygen atoms in total. The molecule has 1 aromatic rings. The van der Waals surface area contributed by atoms with Crippen molar-refractivity contribution in [3.8, 4) is 0 Å². The lowest BCUT2D eigenvalue weighted by molar-refractivity contribution is -0.142. The van der Waals surface area contributed by atoms with Gasteiger partial charge in [0.25, 0.3) is 0 Å². The van der Waals surface area contributed by atoms with Gasteiger partial charge in [-0.05, 0) is 42.5 Å². The predicted octanol–water partition coefficient (Wildman–Crippen LogP) is 3.10. The molecule has 2 N–H and O–H groups in total. The van der Waals surface area contributed by atoms with Crippen molar-refractivity contribution in [1.29, 1.82) is 0 Å². The highest BCUT2D eigenvalue weighted by molar-refractivity contribution is 7.99. The number of thioether (sulfide) groups is 1. The van der Waals surface area contributed by atoms with Crippen molar-refractivity contribution in [2.75, 3.05) is 16.8 Å².